The van der Waals surface area contributed by atoms with Crippen LogP contribution in [0.5, 0.6) is 0 Å². The normalized spacial score (nSPS) is 11.1. The van der Waals surface area contributed by atoms with E-state index in [9.17, 15) is 35.9 Å². The van der Waals surface area contributed by atoms with E-state index in [2.05, 4.69) is 57.3 Å². The highest BCUT2D eigenvalue weighted by Gasteiger charge is 2.31. The zero-order chi connectivity index (χ0) is 44.8. The van der Waals surface area contributed by atoms with Crippen LogP contribution in [-0.4, -0.2) is 57.7 Å². The number of halogens is 7. The third-order valence-electron chi connectivity index (χ3n) is 8.99. The van der Waals surface area contributed by atoms with E-state index in [0.717, 1.165) is 41.0 Å². The first kappa shape index (κ1) is 45.2. The van der Waals surface area contributed by atoms with Crippen LogP contribution in [0.2, 0.25) is 0 Å². The van der Waals surface area contributed by atoms with Crippen LogP contribution in [0, 0.1) is 0 Å². The number of carbonyl (C=O) groups excluding carboxylic acids is 2. The van der Waals surface area contributed by atoms with E-state index in [-0.39, 0.29) is 18.1 Å². The molecule has 0 aliphatic rings. The second-order valence-corrected chi connectivity index (χ2v) is 13.9. The third kappa shape index (κ3) is 12.8. The molecule has 0 aliphatic carbocycles. The van der Waals surface area contributed by atoms with Crippen molar-refractivity contribution in [3.05, 3.63) is 191 Å². The molecule has 2 aromatic heterocycles. The van der Waals surface area contributed by atoms with Gasteiger partial charge >= 0.3 is 12.4 Å². The number of carbonyl (C=O) groups is 2. The van der Waals surface area contributed by atoms with Gasteiger partial charge in [0, 0.05) is 33.6 Å². The second kappa shape index (κ2) is 21.0. The number of hydrogen-bond acceptors (Lipinski definition) is 9. The Morgan fingerprint density at radius 1 is 0.603 bits per heavy atom. The van der Waals surface area contributed by atoms with Gasteiger partial charge in [0.05, 0.1) is 16.5 Å². The van der Waals surface area contributed by atoms with E-state index in [1.807, 2.05) is 66.7 Å². The fraction of sp³-hybridized carbons (Fsp3) is 0.111. The van der Waals surface area contributed by atoms with E-state index in [1.165, 1.54) is 29.1 Å². The SMILES string of the molecule is FC(F)(F)c1ccc(Nc2ccccc2-c2nn[nH]n2)cc1.O=C(CBr)c1ccccc1.O=C(Cn1nnc(-c2ccccc2Cc2ccc(C(F)(F)F)cc2)n1)c1ccccc1. The monoisotopic (exact) mass is 925 g/mol. The lowest BCUT2D eigenvalue weighted by Crippen LogP contribution is -2.13. The Balaban J connectivity index is 0.000000178. The molecule has 0 saturated carbocycles. The zero-order valence-electron chi connectivity index (χ0n) is 32.7. The number of H-pyrrole nitrogens is 1. The summed E-state index contributed by atoms with van der Waals surface area (Å²) in [5.41, 5.74) is 4.12. The van der Waals surface area contributed by atoms with Gasteiger partial charge in [-0.2, -0.15) is 36.4 Å². The lowest BCUT2D eigenvalue weighted by molar-refractivity contribution is -0.138. The highest BCUT2D eigenvalue weighted by Crippen LogP contribution is 2.33. The Labute approximate surface area is 364 Å². The van der Waals surface area contributed by atoms with E-state index in [0.29, 0.717) is 51.5 Å². The van der Waals surface area contributed by atoms with E-state index in [1.54, 1.807) is 42.5 Å². The molecule has 2 heterocycles. The summed E-state index contributed by atoms with van der Waals surface area (Å²) in [5, 5.41) is 29.5. The molecular formula is C45H34BrF6N9O2. The first-order chi connectivity index (χ1) is 30.3. The van der Waals surface area contributed by atoms with Gasteiger partial charge in [-0.3, -0.25) is 9.59 Å². The molecule has 0 spiro atoms. The van der Waals surface area contributed by atoms with Gasteiger partial charge in [0.2, 0.25) is 11.6 Å². The highest BCUT2D eigenvalue weighted by molar-refractivity contribution is 9.09. The van der Waals surface area contributed by atoms with Crippen molar-refractivity contribution in [2.75, 3.05) is 10.6 Å². The van der Waals surface area contributed by atoms with Crippen molar-refractivity contribution in [3.63, 3.8) is 0 Å². The van der Waals surface area contributed by atoms with E-state index < -0.39 is 23.5 Å². The van der Waals surface area contributed by atoms with Crippen LogP contribution in [0.1, 0.15) is 43.0 Å². The Kier molecular flexibility index (Phi) is 15.0. The van der Waals surface area contributed by atoms with Gasteiger partial charge in [0.25, 0.3) is 0 Å². The van der Waals surface area contributed by atoms with Crippen LogP contribution >= 0.6 is 15.9 Å². The minimum atomic E-state index is -4.37. The maximum atomic E-state index is 12.8. The molecule has 8 aromatic rings. The first-order valence-corrected chi connectivity index (χ1v) is 19.9. The Bertz CT molecular complexity index is 2700. The van der Waals surface area contributed by atoms with Gasteiger partial charge in [0.1, 0.15) is 6.54 Å². The van der Waals surface area contributed by atoms with Crippen molar-refractivity contribution >= 4 is 38.9 Å². The minimum Gasteiger partial charge on any atom is -0.355 e. The molecule has 0 saturated heterocycles. The molecule has 0 bridgehead atoms. The maximum Gasteiger partial charge on any atom is 0.416 e. The molecule has 11 nitrogen and oxygen atoms in total. The van der Waals surface area contributed by atoms with Gasteiger partial charge in [-0.1, -0.05) is 125 Å². The van der Waals surface area contributed by atoms with Gasteiger partial charge in [-0.25, -0.2) is 0 Å². The molecule has 6 aromatic carbocycles. The van der Waals surface area contributed by atoms with Crippen molar-refractivity contribution in [1.82, 2.24) is 40.8 Å². The number of aromatic amines is 1. The number of aromatic nitrogens is 8. The molecule has 0 unspecified atom stereocenters. The minimum absolute atomic E-state index is 0.0436. The van der Waals surface area contributed by atoms with Crippen molar-refractivity contribution in [3.8, 4) is 22.8 Å². The molecule has 0 aliphatic heterocycles. The van der Waals surface area contributed by atoms with Crippen LogP contribution in [0.15, 0.2) is 158 Å². The quantitative estimate of drug-likeness (QED) is 0.0736. The van der Waals surface area contributed by atoms with E-state index >= 15 is 0 Å². The molecule has 320 valence electrons. The van der Waals surface area contributed by atoms with Crippen LogP contribution in [0.25, 0.3) is 22.8 Å². The zero-order valence-corrected chi connectivity index (χ0v) is 34.3. The summed E-state index contributed by atoms with van der Waals surface area (Å²) in [7, 11) is 0. The van der Waals surface area contributed by atoms with Crippen molar-refractivity contribution in [1.29, 1.82) is 0 Å². The average molecular weight is 927 g/mol. The lowest BCUT2D eigenvalue weighted by atomic mass is 9.98. The second-order valence-electron chi connectivity index (χ2n) is 13.4. The smallest absolute Gasteiger partial charge is 0.355 e. The lowest BCUT2D eigenvalue weighted by Gasteiger charge is -2.11. The van der Waals surface area contributed by atoms with Crippen LogP contribution < -0.4 is 5.32 Å². The summed E-state index contributed by atoms with van der Waals surface area (Å²) in [5.74, 6) is 0.738. The average Bonchev–Trinajstić information content (AvgIpc) is 4.01. The summed E-state index contributed by atoms with van der Waals surface area (Å²) in [6.07, 6.45) is -8.30. The van der Waals surface area contributed by atoms with E-state index in [4.69, 9.17) is 0 Å². The number of Topliss-reactive ketones (excluding diaryl/α,β-unsaturated/α-hetero) is 2. The topological polar surface area (TPSA) is 144 Å². The fourth-order valence-electron chi connectivity index (χ4n) is 5.85. The van der Waals surface area contributed by atoms with Crippen LogP contribution in [0.3, 0.4) is 0 Å². The molecule has 0 amide bonds. The highest BCUT2D eigenvalue weighted by atomic mass is 79.9. The number of benzene rings is 6. The number of nitrogens with one attached hydrogen (secondary N) is 2. The summed E-state index contributed by atoms with van der Waals surface area (Å²) in [4.78, 5) is 24.6. The number of para-hydroxylation sites is 1. The fourth-order valence-corrected chi connectivity index (χ4v) is 6.17. The molecule has 0 atom stereocenters. The molecular weight excluding hydrogens is 892 g/mol. The van der Waals surface area contributed by atoms with Gasteiger partial charge in [-0.15, -0.1) is 20.4 Å². The Morgan fingerprint density at radius 3 is 1.71 bits per heavy atom. The van der Waals surface area contributed by atoms with Gasteiger partial charge in [-0.05, 0) is 76.5 Å². The molecule has 2 N–H and O–H groups in total. The number of ketones is 2. The predicted molar refractivity (Wildman–Crippen MR) is 227 cm³/mol. The predicted octanol–water partition coefficient (Wildman–Crippen LogP) is 10.7. The van der Waals surface area contributed by atoms with Crippen LogP contribution in [0.4, 0.5) is 37.7 Å². The molecule has 8 rings (SSSR count). The third-order valence-corrected chi connectivity index (χ3v) is 9.50. The summed E-state index contributed by atoms with van der Waals surface area (Å²) in [6, 6.07) is 42.4. The Morgan fingerprint density at radius 2 is 1.14 bits per heavy atom. The van der Waals surface area contributed by atoms with Crippen molar-refractivity contribution < 1.29 is 35.9 Å². The summed E-state index contributed by atoms with van der Waals surface area (Å²) in [6.45, 7) is -0.0436. The number of hydrogen-bond donors (Lipinski definition) is 2. The van der Waals surface area contributed by atoms with Crippen molar-refractivity contribution in [2.24, 2.45) is 0 Å². The number of tetrazole rings is 2. The number of anilines is 2. The molecule has 18 heteroatoms. The van der Waals surface area contributed by atoms with Gasteiger partial charge in [0.15, 0.2) is 11.6 Å². The van der Waals surface area contributed by atoms with Gasteiger partial charge < -0.3 is 5.32 Å². The maximum absolute atomic E-state index is 12.8. The first-order valence-electron chi connectivity index (χ1n) is 18.8. The standard InChI is InChI=1S/C23H17F3N4O.C14H10F3N5.C8H7BrO/c24-23(25,26)19-12-10-16(11-13-19)14-18-8-4-5-9-20(18)22-27-29-30(28-22)15-21(31)17-6-2-1-3-7-17;15-14(16,17)9-5-7-10(8-6-9)18-12-4-2-1-3-11(12)13-19-21-22-20-13;9-6-8(10)7-4-2-1-3-5-7/h1-13H,14-15H2;1-8,18H,(H,19,20,21,22);1-5H,6H2. The van der Waals surface area contributed by atoms with Crippen LogP contribution in [-0.2, 0) is 25.3 Å². The molecule has 0 radical (unpaired) electrons. The number of alkyl halides is 7. The number of rotatable bonds is 11. The number of nitrogens with zero attached hydrogens (tertiary/aromatic N) is 7. The largest absolute Gasteiger partial charge is 0.416 e. The summed E-state index contributed by atoms with van der Waals surface area (Å²) < 4.78 is 76.0. The van der Waals surface area contributed by atoms with Crippen molar-refractivity contribution in [2.45, 2.75) is 25.3 Å². The summed E-state index contributed by atoms with van der Waals surface area (Å²) >= 11 is 3.10. The molecule has 0 fully saturated rings. The Hall–Kier alpha value is -7.34. The molecule has 63 heavy (non-hydrogen) atoms.